The van der Waals surface area contributed by atoms with Crippen molar-refractivity contribution in [3.63, 3.8) is 0 Å². The number of benzene rings is 1. The average molecular weight is 361 g/mol. The molecule has 6 nitrogen and oxygen atoms in total. The minimum atomic E-state index is -0.124. The fraction of sp³-hybridized carbons (Fsp3) is 0.238. The van der Waals surface area contributed by atoms with Gasteiger partial charge in [0.2, 0.25) is 5.95 Å². The Hall–Kier alpha value is -3.28. The number of carbonyl (C=O) groups is 1. The average Bonchev–Trinajstić information content (AvgIpc) is 2.67. The van der Waals surface area contributed by atoms with Crippen molar-refractivity contribution in [1.29, 1.82) is 0 Å². The molecule has 0 radical (unpaired) electrons. The highest BCUT2D eigenvalue weighted by atomic mass is 16.2. The van der Waals surface area contributed by atoms with E-state index in [0.717, 1.165) is 23.4 Å². The van der Waals surface area contributed by atoms with E-state index < -0.39 is 0 Å². The van der Waals surface area contributed by atoms with Crippen molar-refractivity contribution in [3.05, 3.63) is 77.4 Å². The van der Waals surface area contributed by atoms with Crippen molar-refractivity contribution in [2.45, 2.75) is 20.3 Å². The molecule has 6 heteroatoms. The molecule has 3 rings (SSSR count). The van der Waals surface area contributed by atoms with Gasteiger partial charge >= 0.3 is 0 Å². The molecular formula is C21H23N5O. The second kappa shape index (κ2) is 8.40. The van der Waals surface area contributed by atoms with Gasteiger partial charge < -0.3 is 10.2 Å². The number of likely N-dealkylation sites (N-methyl/N-ethyl adjacent to an activating group) is 1. The van der Waals surface area contributed by atoms with Crippen molar-refractivity contribution in [2.24, 2.45) is 0 Å². The number of rotatable bonds is 6. The molecule has 0 saturated carbocycles. The van der Waals surface area contributed by atoms with Gasteiger partial charge in [0, 0.05) is 37.4 Å². The maximum absolute atomic E-state index is 12.8. The summed E-state index contributed by atoms with van der Waals surface area (Å²) in [5.41, 5.74) is 4.33. The molecule has 0 aliphatic rings. The lowest BCUT2D eigenvalue weighted by Crippen LogP contribution is -2.30. The zero-order valence-electron chi connectivity index (χ0n) is 15.8. The van der Waals surface area contributed by atoms with Crippen LogP contribution in [0.15, 0.2) is 54.9 Å². The summed E-state index contributed by atoms with van der Waals surface area (Å²) in [5, 5.41) is 3.16. The van der Waals surface area contributed by atoms with Crippen LogP contribution in [-0.4, -0.2) is 39.4 Å². The largest absolute Gasteiger partial charge is 0.340 e. The van der Waals surface area contributed by atoms with Crippen LogP contribution in [0.2, 0.25) is 0 Å². The molecule has 0 fully saturated rings. The Bertz CT molecular complexity index is 910. The summed E-state index contributed by atoms with van der Waals surface area (Å²) < 4.78 is 0. The second-order valence-corrected chi connectivity index (χ2v) is 6.54. The van der Waals surface area contributed by atoms with Gasteiger partial charge in [0.15, 0.2) is 0 Å². The van der Waals surface area contributed by atoms with Crippen molar-refractivity contribution in [1.82, 2.24) is 19.9 Å². The molecule has 1 aromatic carbocycles. The van der Waals surface area contributed by atoms with Crippen molar-refractivity contribution in [2.75, 3.05) is 18.9 Å². The monoisotopic (exact) mass is 361 g/mol. The Morgan fingerprint density at radius 3 is 2.44 bits per heavy atom. The van der Waals surface area contributed by atoms with E-state index in [1.807, 2.05) is 50.2 Å². The highest BCUT2D eigenvalue weighted by Crippen LogP contribution is 2.15. The van der Waals surface area contributed by atoms with Crippen LogP contribution in [0.25, 0.3) is 0 Å². The van der Waals surface area contributed by atoms with E-state index in [1.165, 1.54) is 5.56 Å². The number of nitrogens with one attached hydrogen (secondary N) is 1. The SMILES string of the molecule is Cc1ccc(Nc2nc(C)cc(C(=O)N(C)CCc3ccncc3)n2)cc1. The van der Waals surface area contributed by atoms with Gasteiger partial charge in [0.1, 0.15) is 5.69 Å². The number of hydrogen-bond donors (Lipinski definition) is 1. The fourth-order valence-electron chi connectivity index (χ4n) is 2.64. The third-order valence-electron chi connectivity index (χ3n) is 4.21. The molecule has 0 atom stereocenters. The zero-order valence-corrected chi connectivity index (χ0v) is 15.8. The summed E-state index contributed by atoms with van der Waals surface area (Å²) >= 11 is 0. The first-order valence-corrected chi connectivity index (χ1v) is 8.85. The number of nitrogens with zero attached hydrogens (tertiary/aromatic N) is 4. The Balaban J connectivity index is 1.70. The fourth-order valence-corrected chi connectivity index (χ4v) is 2.64. The predicted molar refractivity (Wildman–Crippen MR) is 106 cm³/mol. The summed E-state index contributed by atoms with van der Waals surface area (Å²) in [4.78, 5) is 27.2. The van der Waals surface area contributed by atoms with Gasteiger partial charge in [0.05, 0.1) is 0 Å². The van der Waals surface area contributed by atoms with E-state index in [-0.39, 0.29) is 5.91 Å². The first kappa shape index (κ1) is 18.5. The summed E-state index contributed by atoms with van der Waals surface area (Å²) in [6.07, 6.45) is 4.28. The van der Waals surface area contributed by atoms with Gasteiger partial charge in [-0.1, -0.05) is 17.7 Å². The van der Waals surface area contributed by atoms with Crippen LogP contribution in [0.4, 0.5) is 11.6 Å². The first-order chi connectivity index (χ1) is 13.0. The number of pyridine rings is 1. The maximum atomic E-state index is 12.8. The van der Waals surface area contributed by atoms with Gasteiger partial charge in [-0.25, -0.2) is 9.97 Å². The van der Waals surface area contributed by atoms with Gasteiger partial charge in [-0.3, -0.25) is 9.78 Å². The van der Waals surface area contributed by atoms with Crippen LogP contribution in [0.5, 0.6) is 0 Å². The highest BCUT2D eigenvalue weighted by molar-refractivity contribution is 5.92. The van der Waals surface area contributed by atoms with Crippen molar-refractivity contribution >= 4 is 17.5 Å². The first-order valence-electron chi connectivity index (χ1n) is 8.85. The zero-order chi connectivity index (χ0) is 19.2. The molecule has 0 unspecified atom stereocenters. The molecule has 0 aliphatic carbocycles. The molecule has 1 amide bonds. The predicted octanol–water partition coefficient (Wildman–Crippen LogP) is 3.55. The molecule has 3 aromatic rings. The summed E-state index contributed by atoms with van der Waals surface area (Å²) in [7, 11) is 1.79. The molecular weight excluding hydrogens is 338 g/mol. The number of carbonyl (C=O) groups excluding carboxylic acids is 1. The van der Waals surface area contributed by atoms with Crippen LogP contribution in [0.1, 0.15) is 27.3 Å². The van der Waals surface area contributed by atoms with Crippen LogP contribution >= 0.6 is 0 Å². The minimum Gasteiger partial charge on any atom is -0.340 e. The molecule has 2 aromatic heterocycles. The third kappa shape index (κ3) is 5.10. The lowest BCUT2D eigenvalue weighted by Gasteiger charge is -2.17. The Kier molecular flexibility index (Phi) is 5.76. The summed E-state index contributed by atoms with van der Waals surface area (Å²) in [5.74, 6) is 0.297. The quantitative estimate of drug-likeness (QED) is 0.727. The second-order valence-electron chi connectivity index (χ2n) is 6.54. The number of aryl methyl sites for hydroxylation is 2. The number of hydrogen-bond acceptors (Lipinski definition) is 5. The third-order valence-corrected chi connectivity index (χ3v) is 4.21. The number of anilines is 2. The van der Waals surface area contributed by atoms with E-state index in [2.05, 4.69) is 20.3 Å². The van der Waals surface area contributed by atoms with Crippen LogP contribution in [0, 0.1) is 13.8 Å². The Morgan fingerprint density at radius 2 is 1.74 bits per heavy atom. The smallest absolute Gasteiger partial charge is 0.272 e. The van der Waals surface area contributed by atoms with E-state index in [0.29, 0.717) is 18.2 Å². The van der Waals surface area contributed by atoms with Gasteiger partial charge in [-0.15, -0.1) is 0 Å². The normalized spacial score (nSPS) is 10.5. The van der Waals surface area contributed by atoms with E-state index in [9.17, 15) is 4.79 Å². The van der Waals surface area contributed by atoms with Gasteiger partial charge in [0.25, 0.3) is 5.91 Å². The molecule has 0 aliphatic heterocycles. The van der Waals surface area contributed by atoms with Crippen LogP contribution in [0.3, 0.4) is 0 Å². The van der Waals surface area contributed by atoms with E-state index in [4.69, 9.17) is 0 Å². The Labute approximate surface area is 159 Å². The number of amides is 1. The molecule has 2 heterocycles. The van der Waals surface area contributed by atoms with Crippen LogP contribution in [-0.2, 0) is 6.42 Å². The van der Waals surface area contributed by atoms with Crippen molar-refractivity contribution in [3.8, 4) is 0 Å². The summed E-state index contributed by atoms with van der Waals surface area (Å²) in [6.45, 7) is 4.49. The molecule has 0 spiro atoms. The summed E-state index contributed by atoms with van der Waals surface area (Å²) in [6, 6.07) is 13.6. The highest BCUT2D eigenvalue weighted by Gasteiger charge is 2.15. The molecule has 27 heavy (non-hydrogen) atoms. The van der Waals surface area contributed by atoms with E-state index in [1.54, 1.807) is 30.4 Å². The topological polar surface area (TPSA) is 71.0 Å². The number of aromatic nitrogens is 3. The van der Waals surface area contributed by atoms with Crippen molar-refractivity contribution < 1.29 is 4.79 Å². The lowest BCUT2D eigenvalue weighted by atomic mass is 10.2. The lowest BCUT2D eigenvalue weighted by molar-refractivity contribution is 0.0790. The molecule has 0 saturated heterocycles. The van der Waals surface area contributed by atoms with E-state index >= 15 is 0 Å². The van der Waals surface area contributed by atoms with Gasteiger partial charge in [-0.05, 0) is 56.2 Å². The standard InChI is InChI=1S/C21H23N5O/c1-15-4-6-18(7-5-15)24-21-23-16(2)14-19(25-21)20(27)26(3)13-10-17-8-11-22-12-9-17/h4-9,11-12,14H,10,13H2,1-3H3,(H,23,24,25). The molecule has 0 bridgehead atoms. The Morgan fingerprint density at radius 1 is 1.04 bits per heavy atom. The molecule has 1 N–H and O–H groups in total. The molecule has 138 valence electrons. The van der Waals surface area contributed by atoms with Gasteiger partial charge in [-0.2, -0.15) is 0 Å². The van der Waals surface area contributed by atoms with Crippen LogP contribution < -0.4 is 5.32 Å². The minimum absolute atomic E-state index is 0.124. The maximum Gasteiger partial charge on any atom is 0.272 e.